The molecule has 0 fully saturated rings. The zero-order valence-corrected chi connectivity index (χ0v) is 8.74. The van der Waals surface area contributed by atoms with Gasteiger partial charge in [0.15, 0.2) is 0 Å². The lowest BCUT2D eigenvalue weighted by atomic mass is 10.2. The predicted octanol–water partition coefficient (Wildman–Crippen LogP) is 1.84. The van der Waals surface area contributed by atoms with E-state index in [-0.39, 0.29) is 6.61 Å². The van der Waals surface area contributed by atoms with Crippen molar-refractivity contribution in [3.63, 3.8) is 0 Å². The molecule has 2 aromatic rings. The van der Waals surface area contributed by atoms with Gasteiger partial charge in [-0.3, -0.25) is 0 Å². The highest BCUT2D eigenvalue weighted by Crippen LogP contribution is 2.20. The second kappa shape index (κ2) is 3.84. The maximum atomic E-state index is 13.0. The molecule has 0 saturated heterocycles. The fraction of sp³-hybridized carbons (Fsp3) is 0.182. The predicted molar refractivity (Wildman–Crippen MR) is 57.7 cm³/mol. The van der Waals surface area contributed by atoms with Crippen molar-refractivity contribution in [3.05, 3.63) is 35.8 Å². The Morgan fingerprint density at radius 1 is 1.56 bits per heavy atom. The quantitative estimate of drug-likeness (QED) is 0.789. The van der Waals surface area contributed by atoms with Crippen molar-refractivity contribution in [2.75, 3.05) is 12.3 Å². The number of esters is 1. The van der Waals surface area contributed by atoms with Crippen molar-refractivity contribution >= 4 is 17.3 Å². The number of halogens is 1. The van der Waals surface area contributed by atoms with Crippen LogP contribution in [-0.4, -0.2) is 17.0 Å². The third-order valence-corrected chi connectivity index (χ3v) is 2.25. The van der Waals surface area contributed by atoms with Crippen molar-refractivity contribution in [3.8, 4) is 0 Å². The molecule has 84 valence electrons. The maximum Gasteiger partial charge on any atom is 0.340 e. The average molecular weight is 222 g/mol. The van der Waals surface area contributed by atoms with Crippen LogP contribution in [0.15, 0.2) is 24.4 Å². The van der Waals surface area contributed by atoms with Gasteiger partial charge < -0.3 is 14.9 Å². The summed E-state index contributed by atoms with van der Waals surface area (Å²) in [7, 11) is 0. The number of fused-ring (bicyclic) bond motifs is 1. The summed E-state index contributed by atoms with van der Waals surface area (Å²) in [6.45, 7) is 2.01. The lowest BCUT2D eigenvalue weighted by molar-refractivity contribution is 0.0529. The van der Waals surface area contributed by atoms with E-state index in [0.717, 1.165) is 0 Å². The largest absolute Gasteiger partial charge is 0.462 e. The van der Waals surface area contributed by atoms with E-state index < -0.39 is 11.8 Å². The van der Waals surface area contributed by atoms with Crippen molar-refractivity contribution in [1.29, 1.82) is 0 Å². The fourth-order valence-electron chi connectivity index (χ4n) is 1.57. The van der Waals surface area contributed by atoms with Crippen LogP contribution in [0.25, 0.3) is 5.52 Å². The summed E-state index contributed by atoms with van der Waals surface area (Å²) >= 11 is 0. The number of pyridine rings is 1. The van der Waals surface area contributed by atoms with Gasteiger partial charge in [0.05, 0.1) is 17.7 Å². The Hall–Kier alpha value is -2.04. The van der Waals surface area contributed by atoms with Gasteiger partial charge in [0.2, 0.25) is 0 Å². The zero-order valence-electron chi connectivity index (χ0n) is 8.74. The van der Waals surface area contributed by atoms with Crippen LogP contribution in [0.5, 0.6) is 0 Å². The monoisotopic (exact) mass is 222 g/mol. The lowest BCUT2D eigenvalue weighted by Gasteiger charge is -2.00. The Morgan fingerprint density at radius 2 is 2.31 bits per heavy atom. The van der Waals surface area contributed by atoms with Crippen LogP contribution in [0, 0.1) is 5.82 Å². The van der Waals surface area contributed by atoms with E-state index in [9.17, 15) is 9.18 Å². The lowest BCUT2D eigenvalue weighted by Crippen LogP contribution is -2.03. The van der Waals surface area contributed by atoms with E-state index in [0.29, 0.717) is 16.9 Å². The van der Waals surface area contributed by atoms with Crippen molar-refractivity contribution in [2.45, 2.75) is 6.92 Å². The van der Waals surface area contributed by atoms with Gasteiger partial charge in [-0.05, 0) is 25.1 Å². The van der Waals surface area contributed by atoms with E-state index in [2.05, 4.69) is 0 Å². The minimum absolute atomic E-state index is 0.289. The molecule has 0 aliphatic carbocycles. The molecule has 0 spiro atoms. The smallest absolute Gasteiger partial charge is 0.340 e. The van der Waals surface area contributed by atoms with Gasteiger partial charge in [0, 0.05) is 6.20 Å². The Balaban J connectivity index is 2.59. The summed E-state index contributed by atoms with van der Waals surface area (Å²) in [5.74, 6) is -0.564. The molecular weight excluding hydrogens is 211 g/mol. The number of ether oxygens (including phenoxy) is 1. The number of nitrogens with two attached hydrogens (primary N) is 1. The number of nitrogens with zero attached hydrogens (tertiary/aromatic N) is 1. The molecule has 0 atom stereocenters. The number of aromatic nitrogens is 1. The summed E-state index contributed by atoms with van der Waals surface area (Å²) < 4.78 is 19.3. The molecule has 2 N–H and O–H groups in total. The Labute approximate surface area is 91.4 Å². The van der Waals surface area contributed by atoms with E-state index in [4.69, 9.17) is 10.5 Å². The minimum Gasteiger partial charge on any atom is -0.462 e. The molecule has 0 aliphatic rings. The summed E-state index contributed by atoms with van der Waals surface area (Å²) in [6, 6.07) is 4.25. The van der Waals surface area contributed by atoms with E-state index in [1.807, 2.05) is 0 Å². The van der Waals surface area contributed by atoms with Crippen LogP contribution < -0.4 is 5.73 Å². The first-order valence-corrected chi connectivity index (χ1v) is 4.86. The zero-order chi connectivity index (χ0) is 11.7. The molecule has 0 amide bonds. The summed E-state index contributed by atoms with van der Waals surface area (Å²) in [6.07, 6.45) is 1.23. The highest BCUT2D eigenvalue weighted by Gasteiger charge is 2.15. The van der Waals surface area contributed by atoms with Gasteiger partial charge in [-0.1, -0.05) is 0 Å². The van der Waals surface area contributed by atoms with Gasteiger partial charge in [-0.25, -0.2) is 9.18 Å². The third-order valence-electron chi connectivity index (χ3n) is 2.25. The average Bonchev–Trinajstić information content (AvgIpc) is 2.56. The second-order valence-corrected chi connectivity index (χ2v) is 3.31. The standard InChI is InChI=1S/C11H11FN2O2/c1-2-16-11(15)8-5-10(13)14-6-7(12)3-4-9(8)14/h3-6H,2,13H2,1H3. The maximum absolute atomic E-state index is 13.0. The van der Waals surface area contributed by atoms with Crippen LogP contribution in [0.4, 0.5) is 10.2 Å². The van der Waals surface area contributed by atoms with Crippen molar-refractivity contribution in [1.82, 2.24) is 4.40 Å². The Morgan fingerprint density at radius 3 is 3.00 bits per heavy atom. The van der Waals surface area contributed by atoms with Gasteiger partial charge in [0.25, 0.3) is 0 Å². The number of hydrogen-bond acceptors (Lipinski definition) is 3. The first-order chi connectivity index (χ1) is 7.63. The summed E-state index contributed by atoms with van der Waals surface area (Å²) in [5, 5.41) is 0. The minimum atomic E-state index is -0.455. The molecule has 2 rings (SSSR count). The number of rotatable bonds is 2. The van der Waals surface area contributed by atoms with E-state index in [1.54, 1.807) is 6.92 Å². The molecule has 0 unspecified atom stereocenters. The number of nitrogen functional groups attached to an aromatic ring is 1. The highest BCUT2D eigenvalue weighted by atomic mass is 19.1. The molecule has 2 aromatic heterocycles. The first kappa shape index (κ1) is 10.5. The SMILES string of the molecule is CCOC(=O)c1cc(N)n2cc(F)ccc12. The second-order valence-electron chi connectivity index (χ2n) is 3.31. The molecule has 0 aliphatic heterocycles. The Bertz CT molecular complexity index is 548. The summed E-state index contributed by atoms with van der Waals surface area (Å²) in [5.41, 5.74) is 6.55. The fourth-order valence-corrected chi connectivity index (χ4v) is 1.57. The van der Waals surface area contributed by atoms with Crippen LogP contribution in [0.1, 0.15) is 17.3 Å². The van der Waals surface area contributed by atoms with Crippen LogP contribution >= 0.6 is 0 Å². The molecular formula is C11H11FN2O2. The number of carbonyl (C=O) groups excluding carboxylic acids is 1. The molecule has 5 heteroatoms. The normalized spacial score (nSPS) is 10.6. The highest BCUT2D eigenvalue weighted by molar-refractivity contribution is 5.98. The third kappa shape index (κ3) is 1.60. The van der Waals surface area contributed by atoms with E-state index >= 15 is 0 Å². The Kier molecular flexibility index (Phi) is 2.52. The number of hydrogen-bond donors (Lipinski definition) is 1. The molecule has 0 aromatic carbocycles. The number of anilines is 1. The molecule has 4 nitrogen and oxygen atoms in total. The van der Waals surface area contributed by atoms with Crippen LogP contribution in [0.3, 0.4) is 0 Å². The molecule has 2 heterocycles. The molecule has 0 radical (unpaired) electrons. The first-order valence-electron chi connectivity index (χ1n) is 4.86. The topological polar surface area (TPSA) is 56.7 Å². The van der Waals surface area contributed by atoms with Crippen LogP contribution in [-0.2, 0) is 4.74 Å². The van der Waals surface area contributed by atoms with Gasteiger partial charge in [0.1, 0.15) is 11.6 Å². The van der Waals surface area contributed by atoms with Gasteiger partial charge >= 0.3 is 5.97 Å². The van der Waals surface area contributed by atoms with Gasteiger partial charge in [-0.2, -0.15) is 0 Å². The van der Waals surface area contributed by atoms with Crippen LogP contribution in [0.2, 0.25) is 0 Å². The molecule has 0 bridgehead atoms. The van der Waals surface area contributed by atoms with E-state index in [1.165, 1.54) is 28.8 Å². The van der Waals surface area contributed by atoms with Crippen molar-refractivity contribution in [2.24, 2.45) is 0 Å². The number of carbonyl (C=O) groups is 1. The molecule has 0 saturated carbocycles. The van der Waals surface area contributed by atoms with Crippen molar-refractivity contribution < 1.29 is 13.9 Å². The molecule has 16 heavy (non-hydrogen) atoms. The summed E-state index contributed by atoms with van der Waals surface area (Å²) in [4.78, 5) is 11.6. The van der Waals surface area contributed by atoms with Gasteiger partial charge in [-0.15, -0.1) is 0 Å².